The number of halogens is 1. The molecule has 128 valence electrons. The Bertz CT molecular complexity index is 1010. The van der Waals surface area contributed by atoms with Gasteiger partial charge >= 0.3 is 0 Å². The zero-order valence-electron chi connectivity index (χ0n) is 14.2. The number of carbonyl (C=O) groups excluding carboxylic acids is 1. The third-order valence-electron chi connectivity index (χ3n) is 4.44. The van der Waals surface area contributed by atoms with E-state index in [2.05, 4.69) is 15.3 Å². The summed E-state index contributed by atoms with van der Waals surface area (Å²) in [6.07, 6.45) is 4.42. The van der Waals surface area contributed by atoms with Crippen molar-refractivity contribution in [2.75, 3.05) is 5.32 Å². The molecule has 26 heavy (non-hydrogen) atoms. The SMILES string of the molecule is Cc1c(Cl)ccc2c1NC(=O)C2=Nc1ccc(Cc2ccncc2)cc1. The molecule has 0 radical (unpaired) electrons. The lowest BCUT2D eigenvalue weighted by molar-refractivity contribution is -0.110. The predicted octanol–water partition coefficient (Wildman–Crippen LogP) is 4.71. The summed E-state index contributed by atoms with van der Waals surface area (Å²) in [5.41, 5.74) is 5.94. The van der Waals surface area contributed by atoms with E-state index in [1.807, 2.05) is 49.4 Å². The average Bonchev–Trinajstić information content (AvgIpc) is 2.97. The molecular weight excluding hydrogens is 346 g/mol. The maximum Gasteiger partial charge on any atom is 0.275 e. The summed E-state index contributed by atoms with van der Waals surface area (Å²) >= 11 is 6.14. The molecule has 1 aliphatic rings. The average molecular weight is 362 g/mol. The molecule has 1 aliphatic heterocycles. The number of hydrogen-bond donors (Lipinski definition) is 1. The van der Waals surface area contributed by atoms with E-state index in [0.29, 0.717) is 10.7 Å². The zero-order chi connectivity index (χ0) is 18.1. The molecule has 0 aliphatic carbocycles. The topological polar surface area (TPSA) is 54.4 Å². The second-order valence-electron chi connectivity index (χ2n) is 6.21. The van der Waals surface area contributed by atoms with Crippen molar-refractivity contribution in [3.63, 3.8) is 0 Å². The Morgan fingerprint density at radius 3 is 2.42 bits per heavy atom. The highest BCUT2D eigenvalue weighted by molar-refractivity contribution is 6.54. The van der Waals surface area contributed by atoms with Crippen LogP contribution < -0.4 is 5.32 Å². The molecule has 0 saturated heterocycles. The molecule has 0 saturated carbocycles. The van der Waals surface area contributed by atoms with Crippen molar-refractivity contribution in [1.82, 2.24) is 4.98 Å². The molecule has 4 nitrogen and oxygen atoms in total. The standard InChI is InChI=1S/C21H16ClN3O/c1-13-18(22)7-6-17-19(13)25-21(26)20(17)24-16-4-2-14(3-5-16)12-15-8-10-23-11-9-15/h2-11H,12H2,1H3,(H,24,25,26). The molecule has 0 unspecified atom stereocenters. The highest BCUT2D eigenvalue weighted by Crippen LogP contribution is 2.33. The first kappa shape index (κ1) is 16.5. The zero-order valence-corrected chi connectivity index (χ0v) is 14.9. The summed E-state index contributed by atoms with van der Waals surface area (Å²) in [4.78, 5) is 20.9. The van der Waals surface area contributed by atoms with Gasteiger partial charge in [-0.1, -0.05) is 23.7 Å². The highest BCUT2D eigenvalue weighted by Gasteiger charge is 2.28. The van der Waals surface area contributed by atoms with Crippen molar-refractivity contribution < 1.29 is 4.79 Å². The van der Waals surface area contributed by atoms with Gasteiger partial charge in [-0.05, 0) is 66.4 Å². The summed E-state index contributed by atoms with van der Waals surface area (Å²) in [7, 11) is 0. The van der Waals surface area contributed by atoms with E-state index in [4.69, 9.17) is 11.6 Å². The Hall–Kier alpha value is -2.98. The number of pyridine rings is 1. The largest absolute Gasteiger partial charge is 0.320 e. The highest BCUT2D eigenvalue weighted by atomic mass is 35.5. The second kappa shape index (κ2) is 6.73. The summed E-state index contributed by atoms with van der Waals surface area (Å²) in [6.45, 7) is 1.89. The first-order valence-electron chi connectivity index (χ1n) is 8.29. The van der Waals surface area contributed by atoms with E-state index < -0.39 is 0 Å². The van der Waals surface area contributed by atoms with Gasteiger partial charge in [0.2, 0.25) is 0 Å². The Kier molecular flexibility index (Phi) is 4.27. The third kappa shape index (κ3) is 3.11. The van der Waals surface area contributed by atoms with Gasteiger partial charge < -0.3 is 5.32 Å². The van der Waals surface area contributed by atoms with Crippen molar-refractivity contribution in [2.45, 2.75) is 13.3 Å². The summed E-state index contributed by atoms with van der Waals surface area (Å²) in [5, 5.41) is 3.49. The fourth-order valence-electron chi connectivity index (χ4n) is 3.00. The number of nitrogens with one attached hydrogen (secondary N) is 1. The smallest absolute Gasteiger partial charge is 0.275 e. The molecule has 2 heterocycles. The van der Waals surface area contributed by atoms with Crippen LogP contribution in [0.5, 0.6) is 0 Å². The summed E-state index contributed by atoms with van der Waals surface area (Å²) < 4.78 is 0. The number of amides is 1. The van der Waals surface area contributed by atoms with Crippen molar-refractivity contribution in [3.8, 4) is 0 Å². The summed E-state index contributed by atoms with van der Waals surface area (Å²) in [5.74, 6) is -0.203. The van der Waals surface area contributed by atoms with Crippen LogP contribution >= 0.6 is 11.6 Å². The molecule has 1 aromatic heterocycles. The number of carbonyl (C=O) groups is 1. The molecule has 3 aromatic rings. The van der Waals surface area contributed by atoms with Crippen LogP contribution in [0, 0.1) is 6.92 Å². The van der Waals surface area contributed by atoms with Gasteiger partial charge in [0.05, 0.1) is 11.4 Å². The van der Waals surface area contributed by atoms with Crippen LogP contribution in [-0.4, -0.2) is 16.6 Å². The number of benzene rings is 2. The number of rotatable bonds is 3. The first-order valence-corrected chi connectivity index (χ1v) is 8.67. The normalized spacial score (nSPS) is 14.4. The minimum absolute atomic E-state index is 0.203. The van der Waals surface area contributed by atoms with Gasteiger partial charge in [-0.15, -0.1) is 0 Å². The molecular formula is C21H16ClN3O. The number of anilines is 1. The van der Waals surface area contributed by atoms with Gasteiger partial charge in [-0.2, -0.15) is 0 Å². The fourth-order valence-corrected chi connectivity index (χ4v) is 3.16. The van der Waals surface area contributed by atoms with Crippen molar-refractivity contribution in [2.24, 2.45) is 4.99 Å². The van der Waals surface area contributed by atoms with Gasteiger partial charge in [-0.25, -0.2) is 4.99 Å². The van der Waals surface area contributed by atoms with Crippen LogP contribution in [0.3, 0.4) is 0 Å². The molecule has 0 fully saturated rings. The van der Waals surface area contributed by atoms with Crippen LogP contribution in [-0.2, 0) is 11.2 Å². The molecule has 1 N–H and O–H groups in total. The van der Waals surface area contributed by atoms with Crippen molar-refractivity contribution >= 4 is 34.6 Å². The van der Waals surface area contributed by atoms with Gasteiger partial charge in [0.25, 0.3) is 5.91 Å². The van der Waals surface area contributed by atoms with E-state index in [1.54, 1.807) is 18.5 Å². The van der Waals surface area contributed by atoms with Crippen molar-refractivity contribution in [1.29, 1.82) is 0 Å². The van der Waals surface area contributed by atoms with Gasteiger partial charge in [0, 0.05) is 23.0 Å². The second-order valence-corrected chi connectivity index (χ2v) is 6.62. The maximum absolute atomic E-state index is 12.3. The molecule has 4 rings (SSSR count). The van der Waals surface area contributed by atoms with E-state index in [1.165, 1.54) is 11.1 Å². The first-order chi connectivity index (χ1) is 12.6. The van der Waals surface area contributed by atoms with Crippen LogP contribution in [0.1, 0.15) is 22.3 Å². The van der Waals surface area contributed by atoms with E-state index in [9.17, 15) is 4.79 Å². The van der Waals surface area contributed by atoms with Crippen LogP contribution in [0.25, 0.3) is 0 Å². The monoisotopic (exact) mass is 361 g/mol. The molecule has 1 amide bonds. The van der Waals surface area contributed by atoms with Gasteiger partial charge in [0.15, 0.2) is 0 Å². The van der Waals surface area contributed by atoms with E-state index in [0.717, 1.165) is 28.9 Å². The Morgan fingerprint density at radius 1 is 1.00 bits per heavy atom. The predicted molar refractivity (Wildman–Crippen MR) is 105 cm³/mol. The number of fused-ring (bicyclic) bond motifs is 1. The lowest BCUT2D eigenvalue weighted by atomic mass is 10.1. The van der Waals surface area contributed by atoms with Crippen LogP contribution in [0.2, 0.25) is 5.02 Å². The third-order valence-corrected chi connectivity index (χ3v) is 4.85. The van der Waals surface area contributed by atoms with Gasteiger partial charge in [0.1, 0.15) is 5.71 Å². The summed E-state index contributed by atoms with van der Waals surface area (Å²) in [6, 6.07) is 15.5. The number of hydrogen-bond acceptors (Lipinski definition) is 3. The maximum atomic E-state index is 12.3. The van der Waals surface area contributed by atoms with E-state index >= 15 is 0 Å². The van der Waals surface area contributed by atoms with Crippen molar-refractivity contribution in [3.05, 3.63) is 88.2 Å². The Balaban J connectivity index is 1.61. The van der Waals surface area contributed by atoms with Crippen LogP contribution in [0.4, 0.5) is 11.4 Å². The Labute approximate surface area is 156 Å². The molecule has 5 heteroatoms. The number of aliphatic imine (C=N–C) groups is 1. The molecule has 0 spiro atoms. The lowest BCUT2D eigenvalue weighted by Gasteiger charge is -2.04. The van der Waals surface area contributed by atoms with Gasteiger partial charge in [-0.3, -0.25) is 9.78 Å². The van der Waals surface area contributed by atoms with Crippen LogP contribution in [0.15, 0.2) is 65.9 Å². The quantitative estimate of drug-likeness (QED) is 0.734. The lowest BCUT2D eigenvalue weighted by Crippen LogP contribution is -2.13. The van der Waals surface area contributed by atoms with E-state index in [-0.39, 0.29) is 5.91 Å². The Morgan fingerprint density at radius 2 is 1.69 bits per heavy atom. The molecule has 0 bridgehead atoms. The fraction of sp³-hybridized carbons (Fsp3) is 0.0952. The number of aromatic nitrogens is 1. The number of nitrogens with zero attached hydrogens (tertiary/aromatic N) is 2. The molecule has 0 atom stereocenters. The minimum Gasteiger partial charge on any atom is -0.320 e. The molecule has 2 aromatic carbocycles. The minimum atomic E-state index is -0.203.